The lowest BCUT2D eigenvalue weighted by Gasteiger charge is -2.22. The summed E-state index contributed by atoms with van der Waals surface area (Å²) in [5, 5.41) is 5.93. The van der Waals surface area contributed by atoms with Crippen LogP contribution in [0.5, 0.6) is 0 Å². The van der Waals surface area contributed by atoms with Gasteiger partial charge < -0.3 is 5.32 Å². The fourth-order valence-corrected chi connectivity index (χ4v) is 3.59. The first-order valence-corrected chi connectivity index (χ1v) is 7.66. The van der Waals surface area contributed by atoms with Gasteiger partial charge in [0.1, 0.15) is 0 Å². The van der Waals surface area contributed by atoms with Gasteiger partial charge in [0.05, 0.1) is 11.8 Å². The molecule has 128 valence electrons. The van der Waals surface area contributed by atoms with Crippen LogP contribution in [-0.4, -0.2) is 15.7 Å². The van der Waals surface area contributed by atoms with Gasteiger partial charge in [-0.15, -0.1) is 13.2 Å². The Bertz CT molecular complexity index is 793. The van der Waals surface area contributed by atoms with Crippen LogP contribution in [0.1, 0.15) is 54.6 Å². The van der Waals surface area contributed by atoms with Crippen LogP contribution in [0, 0.1) is 0 Å². The maximum atomic E-state index is 12.6. The Morgan fingerprint density at radius 2 is 2.08 bits per heavy atom. The standard InChI is InChI=1S/C17H18F3N3O/c1-10-7-16(2,3)14-12(10)5-4-6-13(14)22-15(24)11-8-21-23(9-11)17(18,19)20/h4-6,8-10H,7H2,1-3H3,(H,22,24)/t10-/m1/s1. The van der Waals surface area contributed by atoms with Crippen molar-refractivity contribution in [2.45, 2.75) is 44.8 Å². The normalized spacial score (nSPS) is 19.2. The maximum Gasteiger partial charge on any atom is 0.504 e. The smallest absolute Gasteiger partial charge is 0.322 e. The second-order valence-corrected chi connectivity index (χ2v) is 6.85. The van der Waals surface area contributed by atoms with E-state index in [1.165, 1.54) is 5.56 Å². The van der Waals surface area contributed by atoms with Gasteiger partial charge in [-0.05, 0) is 34.9 Å². The Morgan fingerprint density at radius 3 is 2.71 bits per heavy atom. The summed E-state index contributed by atoms with van der Waals surface area (Å²) >= 11 is 0. The Balaban J connectivity index is 1.90. The minimum atomic E-state index is -4.63. The number of nitrogens with one attached hydrogen (secondary N) is 1. The number of carbonyl (C=O) groups is 1. The molecular weight excluding hydrogens is 319 g/mol. The average molecular weight is 337 g/mol. The number of anilines is 1. The third kappa shape index (κ3) is 2.79. The minimum Gasteiger partial charge on any atom is -0.322 e. The number of nitrogens with zero attached hydrogens (tertiary/aromatic N) is 2. The summed E-state index contributed by atoms with van der Waals surface area (Å²) in [5.74, 6) is -0.228. The van der Waals surface area contributed by atoms with E-state index in [2.05, 4.69) is 31.2 Å². The number of amides is 1. The number of alkyl halides is 3. The van der Waals surface area contributed by atoms with Gasteiger partial charge in [0.15, 0.2) is 0 Å². The van der Waals surface area contributed by atoms with E-state index in [1.54, 1.807) is 6.07 Å². The van der Waals surface area contributed by atoms with Crippen LogP contribution in [0.4, 0.5) is 18.9 Å². The highest BCUT2D eigenvalue weighted by Crippen LogP contribution is 2.48. The monoisotopic (exact) mass is 337 g/mol. The van der Waals surface area contributed by atoms with E-state index in [-0.39, 0.29) is 15.7 Å². The van der Waals surface area contributed by atoms with Gasteiger partial charge in [0.25, 0.3) is 5.91 Å². The van der Waals surface area contributed by atoms with Crippen molar-refractivity contribution in [3.8, 4) is 0 Å². The predicted molar refractivity (Wildman–Crippen MR) is 84.0 cm³/mol. The number of hydrogen-bond donors (Lipinski definition) is 1. The highest BCUT2D eigenvalue weighted by Gasteiger charge is 2.37. The molecule has 1 aromatic heterocycles. The van der Waals surface area contributed by atoms with E-state index in [0.29, 0.717) is 17.8 Å². The van der Waals surface area contributed by atoms with Crippen LogP contribution in [0.25, 0.3) is 0 Å². The molecule has 2 aromatic rings. The predicted octanol–water partition coefficient (Wildman–Crippen LogP) is 4.40. The highest BCUT2D eigenvalue weighted by atomic mass is 19.4. The van der Waals surface area contributed by atoms with Crippen molar-refractivity contribution < 1.29 is 18.0 Å². The van der Waals surface area contributed by atoms with Crippen LogP contribution >= 0.6 is 0 Å². The van der Waals surface area contributed by atoms with Gasteiger partial charge in [-0.3, -0.25) is 4.79 Å². The molecule has 0 unspecified atom stereocenters. The third-order valence-electron chi connectivity index (χ3n) is 4.47. The van der Waals surface area contributed by atoms with E-state index >= 15 is 0 Å². The summed E-state index contributed by atoms with van der Waals surface area (Å²) < 4.78 is 37.6. The molecule has 1 heterocycles. The quantitative estimate of drug-likeness (QED) is 0.883. The van der Waals surface area contributed by atoms with Crippen LogP contribution in [0.15, 0.2) is 30.6 Å². The van der Waals surface area contributed by atoms with E-state index in [4.69, 9.17) is 0 Å². The zero-order chi connectivity index (χ0) is 17.7. The molecule has 0 saturated heterocycles. The number of carbonyl (C=O) groups excluding carboxylic acids is 1. The van der Waals surface area contributed by atoms with Crippen LogP contribution in [0.2, 0.25) is 0 Å². The molecule has 0 radical (unpaired) electrons. The second kappa shape index (κ2) is 5.36. The maximum absolute atomic E-state index is 12.6. The molecule has 0 spiro atoms. The van der Waals surface area contributed by atoms with Crippen LogP contribution in [-0.2, 0) is 11.7 Å². The van der Waals surface area contributed by atoms with E-state index in [1.807, 2.05) is 12.1 Å². The fraction of sp³-hybridized carbons (Fsp3) is 0.412. The first-order valence-electron chi connectivity index (χ1n) is 7.66. The summed E-state index contributed by atoms with van der Waals surface area (Å²) in [4.78, 5) is 12.3. The fourth-order valence-electron chi connectivity index (χ4n) is 3.59. The summed E-state index contributed by atoms with van der Waals surface area (Å²) in [6.07, 6.45) is -2.07. The number of halogens is 3. The van der Waals surface area contributed by atoms with E-state index in [9.17, 15) is 18.0 Å². The Hall–Kier alpha value is -2.31. The van der Waals surface area contributed by atoms with Gasteiger partial charge in [0.2, 0.25) is 0 Å². The molecule has 0 fully saturated rings. The Labute approximate surface area is 137 Å². The van der Waals surface area contributed by atoms with Gasteiger partial charge in [-0.1, -0.05) is 32.9 Å². The van der Waals surface area contributed by atoms with Crippen molar-refractivity contribution >= 4 is 11.6 Å². The zero-order valence-corrected chi connectivity index (χ0v) is 13.6. The number of rotatable bonds is 2. The van der Waals surface area contributed by atoms with Crippen LogP contribution in [0.3, 0.4) is 0 Å². The summed E-state index contributed by atoms with van der Waals surface area (Å²) in [6, 6.07) is 5.67. The van der Waals surface area contributed by atoms with Gasteiger partial charge in [0, 0.05) is 11.9 Å². The molecule has 1 aromatic carbocycles. The lowest BCUT2D eigenvalue weighted by molar-refractivity contribution is -0.212. The average Bonchev–Trinajstić information content (AvgIpc) is 3.03. The molecule has 1 aliphatic carbocycles. The minimum absolute atomic E-state index is 0.102. The molecule has 4 nitrogen and oxygen atoms in total. The van der Waals surface area contributed by atoms with Crippen molar-refractivity contribution in [1.82, 2.24) is 9.78 Å². The molecule has 0 saturated carbocycles. The van der Waals surface area contributed by atoms with Crippen molar-refractivity contribution in [3.05, 3.63) is 47.3 Å². The lowest BCUT2D eigenvalue weighted by atomic mass is 9.85. The molecule has 1 N–H and O–H groups in total. The first kappa shape index (κ1) is 16.5. The highest BCUT2D eigenvalue weighted by molar-refractivity contribution is 6.04. The second-order valence-electron chi connectivity index (χ2n) is 6.85. The van der Waals surface area contributed by atoms with E-state index in [0.717, 1.165) is 18.2 Å². The SMILES string of the molecule is C[C@@H]1CC(C)(C)c2c(NC(=O)c3cnn(C(F)(F)F)c3)cccc21. The molecule has 1 amide bonds. The summed E-state index contributed by atoms with van der Waals surface area (Å²) in [5.41, 5.74) is 2.63. The number of aromatic nitrogens is 2. The van der Waals surface area contributed by atoms with Crippen molar-refractivity contribution in [2.75, 3.05) is 5.32 Å². The topological polar surface area (TPSA) is 46.9 Å². The molecule has 24 heavy (non-hydrogen) atoms. The summed E-state index contributed by atoms with van der Waals surface area (Å²) in [7, 11) is 0. The van der Waals surface area contributed by atoms with Crippen molar-refractivity contribution in [2.24, 2.45) is 0 Å². The molecular formula is C17H18F3N3O. The summed E-state index contributed by atoms with van der Waals surface area (Å²) in [6.45, 7) is 6.34. The Kier molecular flexibility index (Phi) is 3.69. The Morgan fingerprint density at radius 1 is 1.38 bits per heavy atom. The van der Waals surface area contributed by atoms with Gasteiger partial charge >= 0.3 is 6.30 Å². The van der Waals surface area contributed by atoms with Gasteiger partial charge in [-0.25, -0.2) is 0 Å². The molecule has 0 aliphatic heterocycles. The van der Waals surface area contributed by atoms with E-state index < -0.39 is 12.2 Å². The van der Waals surface area contributed by atoms with Crippen molar-refractivity contribution in [1.29, 1.82) is 0 Å². The number of hydrogen-bond acceptors (Lipinski definition) is 2. The largest absolute Gasteiger partial charge is 0.504 e. The number of benzene rings is 1. The lowest BCUT2D eigenvalue weighted by Crippen LogP contribution is -2.19. The van der Waals surface area contributed by atoms with Gasteiger partial charge in [-0.2, -0.15) is 9.78 Å². The molecule has 0 bridgehead atoms. The molecule has 1 aliphatic rings. The van der Waals surface area contributed by atoms with Crippen molar-refractivity contribution in [3.63, 3.8) is 0 Å². The molecule has 1 atom stereocenters. The third-order valence-corrected chi connectivity index (χ3v) is 4.47. The zero-order valence-electron chi connectivity index (χ0n) is 13.6. The molecule has 7 heteroatoms. The van der Waals surface area contributed by atoms with Crippen LogP contribution < -0.4 is 5.32 Å². The molecule has 3 rings (SSSR count). The number of fused-ring (bicyclic) bond motifs is 1. The first-order chi connectivity index (χ1) is 11.1.